The van der Waals surface area contributed by atoms with E-state index in [0.717, 1.165) is 11.3 Å². The van der Waals surface area contributed by atoms with Gasteiger partial charge in [0.05, 0.1) is 6.07 Å². The van der Waals surface area contributed by atoms with Crippen LogP contribution in [0.3, 0.4) is 0 Å². The van der Waals surface area contributed by atoms with Crippen molar-refractivity contribution >= 4 is 39.3 Å². The molecule has 0 spiro atoms. The van der Waals surface area contributed by atoms with E-state index in [1.54, 1.807) is 0 Å². The van der Waals surface area contributed by atoms with Crippen molar-refractivity contribution in [3.8, 4) is 0 Å². The normalized spacial score (nSPS) is 9.88. The van der Waals surface area contributed by atoms with E-state index in [0.29, 0.717) is 5.76 Å². The zero-order chi connectivity index (χ0) is 11.7. The van der Waals surface area contributed by atoms with Crippen LogP contribution in [0.1, 0.15) is 5.76 Å². The van der Waals surface area contributed by atoms with Gasteiger partial charge in [-0.3, -0.25) is 15.5 Å². The highest BCUT2D eigenvalue weighted by atomic mass is 79.9. The first-order valence-electron chi connectivity index (χ1n) is 4.17. The van der Waals surface area contributed by atoms with Gasteiger partial charge in [0.1, 0.15) is 17.2 Å². The number of hydrogen-bond acceptors (Lipinski definition) is 7. The number of aromatic nitrogens is 2. The quantitative estimate of drug-likeness (QED) is 0.647. The summed E-state index contributed by atoms with van der Waals surface area (Å²) in [7, 11) is 0. The maximum absolute atomic E-state index is 10.4. The molecule has 0 radical (unpaired) electrons. The zero-order valence-electron chi connectivity index (χ0n) is 8.32. The Morgan fingerprint density at radius 2 is 2.35 bits per heavy atom. The standard InChI is InChI=1S/C7H7N5O3S.BrH/c8-6-10-11(7(9)16-6)3-4-1-2-5(15-4)12(13)14;/h1-2,9H,3H2,(H2,8,10);1H. The third-order valence-electron chi connectivity index (χ3n) is 1.79. The summed E-state index contributed by atoms with van der Waals surface area (Å²) in [6.45, 7) is 0.153. The lowest BCUT2D eigenvalue weighted by Crippen LogP contribution is -2.15. The van der Waals surface area contributed by atoms with E-state index in [4.69, 9.17) is 15.6 Å². The average molecular weight is 322 g/mol. The number of nitrogens with two attached hydrogens (primary N) is 1. The molecule has 0 aliphatic heterocycles. The van der Waals surface area contributed by atoms with E-state index < -0.39 is 4.92 Å². The largest absolute Gasteiger partial charge is 0.433 e. The Balaban J connectivity index is 0.00000144. The molecule has 0 amide bonds. The van der Waals surface area contributed by atoms with Crippen molar-refractivity contribution in [1.82, 2.24) is 9.78 Å². The molecule has 0 fully saturated rings. The van der Waals surface area contributed by atoms with Crippen LogP contribution < -0.4 is 10.5 Å². The summed E-state index contributed by atoms with van der Waals surface area (Å²) in [5, 5.41) is 22.0. The molecule has 2 heterocycles. The number of furan rings is 1. The Bertz CT molecular complexity index is 588. The number of nitro groups is 1. The molecule has 92 valence electrons. The van der Waals surface area contributed by atoms with Crippen molar-refractivity contribution in [1.29, 1.82) is 5.41 Å². The Kier molecular flexibility index (Phi) is 4.02. The molecule has 10 heteroatoms. The molecule has 0 atom stereocenters. The maximum Gasteiger partial charge on any atom is 0.433 e. The third kappa shape index (κ3) is 2.91. The number of nitrogen functional groups attached to an aromatic ring is 1. The number of hydrogen-bond donors (Lipinski definition) is 2. The van der Waals surface area contributed by atoms with E-state index in [-0.39, 0.29) is 39.3 Å². The van der Waals surface area contributed by atoms with E-state index >= 15 is 0 Å². The number of nitrogens with one attached hydrogen (secondary N) is 1. The molecule has 8 nitrogen and oxygen atoms in total. The minimum Gasteiger partial charge on any atom is -0.404 e. The van der Waals surface area contributed by atoms with Crippen LogP contribution in [0.15, 0.2) is 16.5 Å². The molecule has 0 unspecified atom stereocenters. The fourth-order valence-corrected chi connectivity index (χ4v) is 1.69. The molecule has 2 aromatic heterocycles. The van der Waals surface area contributed by atoms with Gasteiger partial charge in [-0.1, -0.05) is 11.3 Å². The molecule has 3 N–H and O–H groups in total. The summed E-state index contributed by atoms with van der Waals surface area (Å²) >= 11 is 1.02. The summed E-state index contributed by atoms with van der Waals surface area (Å²) in [6, 6.07) is 2.73. The van der Waals surface area contributed by atoms with Crippen LogP contribution in [-0.4, -0.2) is 14.7 Å². The van der Waals surface area contributed by atoms with Crippen LogP contribution in [0.4, 0.5) is 11.0 Å². The van der Waals surface area contributed by atoms with Gasteiger partial charge >= 0.3 is 5.88 Å². The van der Waals surface area contributed by atoms with Crippen molar-refractivity contribution in [2.24, 2.45) is 0 Å². The third-order valence-corrected chi connectivity index (χ3v) is 2.48. The van der Waals surface area contributed by atoms with Crippen LogP contribution in [-0.2, 0) is 6.54 Å². The molecule has 0 bridgehead atoms. The second kappa shape index (κ2) is 5.10. The fraction of sp³-hybridized carbons (Fsp3) is 0.143. The Hall–Kier alpha value is -1.68. The first-order chi connectivity index (χ1) is 7.56. The summed E-state index contributed by atoms with van der Waals surface area (Å²) in [5.41, 5.74) is 5.41. The summed E-state index contributed by atoms with van der Waals surface area (Å²) in [4.78, 5) is 9.92. The van der Waals surface area contributed by atoms with Crippen LogP contribution in [0.25, 0.3) is 0 Å². The van der Waals surface area contributed by atoms with Crippen LogP contribution in [0.5, 0.6) is 0 Å². The van der Waals surface area contributed by atoms with E-state index in [2.05, 4.69) is 5.10 Å². The van der Waals surface area contributed by atoms with Crippen molar-refractivity contribution < 1.29 is 9.34 Å². The van der Waals surface area contributed by atoms with E-state index in [1.165, 1.54) is 16.8 Å². The first kappa shape index (κ1) is 13.4. The monoisotopic (exact) mass is 321 g/mol. The van der Waals surface area contributed by atoms with Crippen LogP contribution in [0, 0.1) is 15.5 Å². The molecule has 17 heavy (non-hydrogen) atoms. The van der Waals surface area contributed by atoms with Gasteiger partial charge in [-0.15, -0.1) is 22.1 Å². The number of anilines is 1. The van der Waals surface area contributed by atoms with E-state index in [9.17, 15) is 10.1 Å². The second-order valence-corrected chi connectivity index (χ2v) is 3.91. The molecule has 0 aromatic carbocycles. The van der Waals surface area contributed by atoms with Gasteiger partial charge in [-0.2, -0.15) is 0 Å². The molecule has 0 saturated carbocycles. The molecular weight excluding hydrogens is 314 g/mol. The van der Waals surface area contributed by atoms with Gasteiger partial charge in [0.25, 0.3) is 0 Å². The fourth-order valence-electron chi connectivity index (χ4n) is 1.14. The second-order valence-electron chi connectivity index (χ2n) is 2.90. The van der Waals surface area contributed by atoms with Crippen molar-refractivity contribution in [3.63, 3.8) is 0 Å². The lowest BCUT2D eigenvalue weighted by atomic mass is 10.4. The first-order valence-corrected chi connectivity index (χ1v) is 4.99. The molecule has 0 saturated heterocycles. The van der Waals surface area contributed by atoms with Gasteiger partial charge in [0.15, 0.2) is 0 Å². The minimum atomic E-state index is -0.620. The van der Waals surface area contributed by atoms with Gasteiger partial charge < -0.3 is 10.2 Å². The molecule has 0 aliphatic rings. The smallest absolute Gasteiger partial charge is 0.404 e. The summed E-state index contributed by atoms with van der Waals surface area (Å²) in [5.74, 6) is 0.0285. The predicted octanol–water partition coefficient (Wildman–Crippen LogP) is 1.13. The Morgan fingerprint density at radius 1 is 1.65 bits per heavy atom. The van der Waals surface area contributed by atoms with Crippen LogP contribution in [0.2, 0.25) is 0 Å². The summed E-state index contributed by atoms with van der Waals surface area (Å²) in [6.07, 6.45) is 0. The molecule has 2 aromatic rings. The Labute approximate surface area is 109 Å². The lowest BCUT2D eigenvalue weighted by Gasteiger charge is -1.95. The van der Waals surface area contributed by atoms with Gasteiger partial charge in [0, 0.05) is 0 Å². The van der Waals surface area contributed by atoms with Gasteiger partial charge in [-0.05, 0) is 6.07 Å². The number of rotatable bonds is 3. The summed E-state index contributed by atoms with van der Waals surface area (Å²) < 4.78 is 6.24. The Morgan fingerprint density at radius 3 is 2.82 bits per heavy atom. The highest BCUT2D eigenvalue weighted by Crippen LogP contribution is 2.16. The lowest BCUT2D eigenvalue weighted by molar-refractivity contribution is -0.402. The molecular formula is C7H8BrN5O3S. The highest BCUT2D eigenvalue weighted by Gasteiger charge is 2.12. The van der Waals surface area contributed by atoms with Crippen LogP contribution >= 0.6 is 28.3 Å². The predicted molar refractivity (Wildman–Crippen MR) is 65.2 cm³/mol. The highest BCUT2D eigenvalue weighted by molar-refractivity contribution is 8.93. The average Bonchev–Trinajstić information content (AvgIpc) is 2.75. The maximum atomic E-state index is 10.4. The SMILES string of the molecule is Br.N=c1sc(N)nn1Cc1ccc([N+](=O)[O-])o1. The number of nitrogens with zero attached hydrogens (tertiary/aromatic N) is 3. The van der Waals surface area contributed by atoms with E-state index in [1.807, 2.05) is 0 Å². The van der Waals surface area contributed by atoms with Crippen molar-refractivity contribution in [2.45, 2.75) is 6.54 Å². The van der Waals surface area contributed by atoms with Gasteiger partial charge in [0.2, 0.25) is 9.93 Å². The minimum absolute atomic E-state index is 0. The number of halogens is 1. The van der Waals surface area contributed by atoms with Crippen molar-refractivity contribution in [2.75, 3.05) is 5.73 Å². The molecule has 0 aliphatic carbocycles. The van der Waals surface area contributed by atoms with Crippen molar-refractivity contribution in [3.05, 3.63) is 32.8 Å². The van der Waals surface area contributed by atoms with Gasteiger partial charge in [-0.25, -0.2) is 4.68 Å². The topological polar surface area (TPSA) is 124 Å². The molecule has 2 rings (SSSR count). The zero-order valence-corrected chi connectivity index (χ0v) is 10.9.